The van der Waals surface area contributed by atoms with Crippen LogP contribution in [0, 0.1) is 13.8 Å². The maximum atomic E-state index is 11.7. The summed E-state index contributed by atoms with van der Waals surface area (Å²) in [6.45, 7) is 9.18. The largest absolute Gasteiger partial charge is 0.354 e. The van der Waals surface area contributed by atoms with E-state index in [4.69, 9.17) is 0 Å². The topological polar surface area (TPSA) is 84.4 Å². The SMILES string of the molecule is Cc1nc2ncnn2c(N2CCN(CCn3ncccc3=O)CC2)c1C. The van der Waals surface area contributed by atoms with Crippen LogP contribution in [0.5, 0.6) is 0 Å². The molecule has 9 heteroatoms. The van der Waals surface area contributed by atoms with Crippen LogP contribution in [0.2, 0.25) is 0 Å². The van der Waals surface area contributed by atoms with Gasteiger partial charge in [-0.15, -0.1) is 0 Å². The lowest BCUT2D eigenvalue weighted by Gasteiger charge is -2.36. The maximum absolute atomic E-state index is 11.7. The number of anilines is 1. The summed E-state index contributed by atoms with van der Waals surface area (Å²) in [4.78, 5) is 25.2. The zero-order valence-electron chi connectivity index (χ0n) is 15.0. The second kappa shape index (κ2) is 6.83. The average Bonchev–Trinajstić information content (AvgIpc) is 3.10. The molecule has 3 aromatic heterocycles. The molecule has 1 fully saturated rings. The fraction of sp³-hybridized carbons (Fsp3) is 0.471. The number of aromatic nitrogens is 6. The van der Waals surface area contributed by atoms with E-state index in [-0.39, 0.29) is 5.56 Å². The minimum absolute atomic E-state index is 0.0532. The van der Waals surface area contributed by atoms with Crippen molar-refractivity contribution < 1.29 is 0 Å². The number of fused-ring (bicyclic) bond motifs is 1. The van der Waals surface area contributed by atoms with Crippen molar-refractivity contribution in [2.45, 2.75) is 20.4 Å². The van der Waals surface area contributed by atoms with E-state index >= 15 is 0 Å². The van der Waals surface area contributed by atoms with Crippen LogP contribution in [0.1, 0.15) is 11.3 Å². The third-order valence-electron chi connectivity index (χ3n) is 4.96. The highest BCUT2D eigenvalue weighted by molar-refractivity contribution is 5.54. The van der Waals surface area contributed by atoms with Crippen molar-refractivity contribution in [2.24, 2.45) is 0 Å². The van der Waals surface area contributed by atoms with Crippen LogP contribution >= 0.6 is 0 Å². The van der Waals surface area contributed by atoms with Gasteiger partial charge < -0.3 is 4.90 Å². The second-order valence-electron chi connectivity index (χ2n) is 6.53. The Morgan fingerprint density at radius 1 is 1.08 bits per heavy atom. The molecule has 4 heterocycles. The fourth-order valence-electron chi connectivity index (χ4n) is 3.36. The standard InChI is InChI=1S/C17H22N8O/c1-13-14(2)21-17-18-12-20-25(17)16(13)23-9-6-22(7-10-23)8-11-24-15(26)4-3-5-19-24/h3-5,12H,6-11H2,1-2H3. The maximum Gasteiger partial charge on any atom is 0.266 e. The van der Waals surface area contributed by atoms with Crippen molar-refractivity contribution >= 4 is 11.6 Å². The first-order chi connectivity index (χ1) is 12.6. The molecule has 0 radical (unpaired) electrons. The highest BCUT2D eigenvalue weighted by atomic mass is 16.1. The van der Waals surface area contributed by atoms with E-state index in [2.05, 4.69) is 36.9 Å². The molecule has 1 aliphatic heterocycles. The highest BCUT2D eigenvalue weighted by Crippen LogP contribution is 2.23. The molecule has 4 rings (SSSR count). The molecule has 0 saturated carbocycles. The van der Waals surface area contributed by atoms with Crippen LogP contribution < -0.4 is 10.5 Å². The van der Waals surface area contributed by atoms with Crippen LogP contribution in [-0.4, -0.2) is 67.0 Å². The van der Waals surface area contributed by atoms with Crippen molar-refractivity contribution in [2.75, 3.05) is 37.6 Å². The monoisotopic (exact) mass is 354 g/mol. The van der Waals surface area contributed by atoms with Gasteiger partial charge in [0.2, 0.25) is 0 Å². The number of rotatable bonds is 4. The molecule has 0 spiro atoms. The van der Waals surface area contributed by atoms with E-state index in [1.54, 1.807) is 24.7 Å². The summed E-state index contributed by atoms with van der Waals surface area (Å²) in [5, 5.41) is 8.46. The van der Waals surface area contributed by atoms with Crippen molar-refractivity contribution in [1.82, 2.24) is 34.3 Å². The van der Waals surface area contributed by atoms with Crippen molar-refractivity contribution in [3.05, 3.63) is 46.3 Å². The minimum Gasteiger partial charge on any atom is -0.354 e. The molecule has 26 heavy (non-hydrogen) atoms. The summed E-state index contributed by atoms with van der Waals surface area (Å²) in [5.41, 5.74) is 2.07. The van der Waals surface area contributed by atoms with E-state index in [9.17, 15) is 4.79 Å². The predicted molar refractivity (Wildman–Crippen MR) is 97.4 cm³/mol. The lowest BCUT2D eigenvalue weighted by molar-refractivity contribution is 0.242. The molecular formula is C17H22N8O. The summed E-state index contributed by atoms with van der Waals surface area (Å²) in [5.74, 6) is 1.71. The molecule has 0 amide bonds. The number of piperazine rings is 1. The Bertz CT molecular complexity index is 970. The van der Waals surface area contributed by atoms with Crippen LogP contribution in [-0.2, 0) is 6.54 Å². The summed E-state index contributed by atoms with van der Waals surface area (Å²) < 4.78 is 3.34. The third-order valence-corrected chi connectivity index (χ3v) is 4.96. The Kier molecular flexibility index (Phi) is 4.37. The van der Waals surface area contributed by atoms with Crippen molar-refractivity contribution in [1.29, 1.82) is 0 Å². The molecule has 0 N–H and O–H groups in total. The zero-order valence-corrected chi connectivity index (χ0v) is 15.0. The molecule has 9 nitrogen and oxygen atoms in total. The van der Waals surface area contributed by atoms with Gasteiger partial charge in [0.05, 0.1) is 6.54 Å². The van der Waals surface area contributed by atoms with Gasteiger partial charge in [-0.2, -0.15) is 19.7 Å². The molecule has 0 atom stereocenters. The minimum atomic E-state index is -0.0532. The lowest BCUT2D eigenvalue weighted by Crippen LogP contribution is -2.48. The normalized spacial score (nSPS) is 15.7. The van der Waals surface area contributed by atoms with Gasteiger partial charge in [0.15, 0.2) is 0 Å². The van der Waals surface area contributed by atoms with E-state index in [1.165, 1.54) is 4.68 Å². The lowest BCUT2D eigenvalue weighted by atomic mass is 10.2. The Morgan fingerprint density at radius 3 is 2.65 bits per heavy atom. The van der Waals surface area contributed by atoms with Gasteiger partial charge in [-0.1, -0.05) is 0 Å². The number of hydrogen-bond donors (Lipinski definition) is 0. The number of hydrogen-bond acceptors (Lipinski definition) is 7. The molecule has 0 unspecified atom stereocenters. The number of aryl methyl sites for hydroxylation is 1. The Balaban J connectivity index is 1.44. The molecular weight excluding hydrogens is 332 g/mol. The van der Waals surface area contributed by atoms with E-state index in [1.807, 2.05) is 11.4 Å². The van der Waals surface area contributed by atoms with E-state index < -0.39 is 0 Å². The fourth-order valence-corrected chi connectivity index (χ4v) is 3.36. The van der Waals surface area contributed by atoms with Crippen molar-refractivity contribution in [3.8, 4) is 0 Å². The van der Waals surface area contributed by atoms with E-state index in [0.717, 1.165) is 49.8 Å². The predicted octanol–water partition coefficient (Wildman–Crippen LogP) is 0.120. The molecule has 136 valence electrons. The van der Waals surface area contributed by atoms with Crippen molar-refractivity contribution in [3.63, 3.8) is 0 Å². The smallest absolute Gasteiger partial charge is 0.266 e. The first-order valence-electron chi connectivity index (χ1n) is 8.80. The quantitative estimate of drug-likeness (QED) is 0.658. The van der Waals surface area contributed by atoms with E-state index in [0.29, 0.717) is 12.3 Å². The summed E-state index contributed by atoms with van der Waals surface area (Å²) in [6, 6.07) is 3.21. The van der Waals surface area contributed by atoms with Gasteiger partial charge in [0.25, 0.3) is 11.3 Å². The van der Waals surface area contributed by atoms with Gasteiger partial charge in [0.1, 0.15) is 12.1 Å². The van der Waals surface area contributed by atoms with Gasteiger partial charge in [-0.05, 0) is 19.9 Å². The van der Waals surface area contributed by atoms with Gasteiger partial charge in [0, 0.05) is 56.2 Å². The Morgan fingerprint density at radius 2 is 1.88 bits per heavy atom. The molecule has 0 bridgehead atoms. The van der Waals surface area contributed by atoms with Gasteiger partial charge >= 0.3 is 0 Å². The van der Waals surface area contributed by atoms with Crippen LogP contribution in [0.15, 0.2) is 29.5 Å². The molecule has 1 saturated heterocycles. The average molecular weight is 354 g/mol. The Hall–Kier alpha value is -2.81. The number of nitrogens with zero attached hydrogens (tertiary/aromatic N) is 8. The first kappa shape index (κ1) is 16.6. The van der Waals surface area contributed by atoms with Gasteiger partial charge in [-0.3, -0.25) is 9.69 Å². The van der Waals surface area contributed by atoms with Crippen LogP contribution in [0.4, 0.5) is 5.82 Å². The second-order valence-corrected chi connectivity index (χ2v) is 6.53. The molecule has 1 aliphatic rings. The first-order valence-corrected chi connectivity index (χ1v) is 8.80. The van der Waals surface area contributed by atoms with Crippen LogP contribution in [0.3, 0.4) is 0 Å². The summed E-state index contributed by atoms with van der Waals surface area (Å²) in [7, 11) is 0. The Labute approximate surface area is 150 Å². The molecule has 3 aromatic rings. The summed E-state index contributed by atoms with van der Waals surface area (Å²) in [6.07, 6.45) is 3.20. The highest BCUT2D eigenvalue weighted by Gasteiger charge is 2.22. The zero-order chi connectivity index (χ0) is 18.1. The molecule has 0 aliphatic carbocycles. The molecule has 0 aromatic carbocycles. The third kappa shape index (κ3) is 3.05. The van der Waals surface area contributed by atoms with Gasteiger partial charge in [-0.25, -0.2) is 9.67 Å². The van der Waals surface area contributed by atoms with Crippen LogP contribution in [0.25, 0.3) is 5.78 Å². The summed E-state index contributed by atoms with van der Waals surface area (Å²) >= 11 is 0.